The summed E-state index contributed by atoms with van der Waals surface area (Å²) in [6, 6.07) is 4.58. The highest BCUT2D eigenvalue weighted by Crippen LogP contribution is 2.27. The van der Waals surface area contributed by atoms with Crippen molar-refractivity contribution in [3.05, 3.63) is 23.8 Å². The molecule has 1 aromatic carbocycles. The first kappa shape index (κ1) is 11.4. The van der Waals surface area contributed by atoms with Gasteiger partial charge in [-0.15, -0.1) is 0 Å². The zero-order valence-electron chi connectivity index (χ0n) is 9.07. The monoisotopic (exact) mass is 209 g/mol. The molecule has 0 aliphatic heterocycles. The topological polar surface area (TPSA) is 58.6 Å². The molecule has 0 saturated carbocycles. The number of ether oxygens (including phenoxy) is 1. The Kier molecular flexibility index (Phi) is 3.55. The summed E-state index contributed by atoms with van der Waals surface area (Å²) in [7, 11) is 1.54. The molecule has 0 bridgehead atoms. The molecule has 0 aliphatic rings. The summed E-state index contributed by atoms with van der Waals surface area (Å²) < 4.78 is 5.33. The van der Waals surface area contributed by atoms with Gasteiger partial charge in [-0.25, -0.2) is 0 Å². The van der Waals surface area contributed by atoms with Gasteiger partial charge in [0.05, 0.1) is 6.10 Å². The van der Waals surface area contributed by atoms with Gasteiger partial charge >= 0.3 is 0 Å². The van der Waals surface area contributed by atoms with Crippen molar-refractivity contribution in [1.29, 1.82) is 0 Å². The van der Waals surface area contributed by atoms with E-state index in [1.165, 1.54) is 13.1 Å². The molecule has 0 aliphatic carbocycles. The minimum Gasteiger partial charge on any atom is -0.504 e. The van der Waals surface area contributed by atoms with E-state index < -0.39 is 0 Å². The molecule has 0 atom stereocenters. The first-order valence-corrected chi connectivity index (χ1v) is 4.76. The second-order valence-electron chi connectivity index (χ2n) is 3.43. The molecular weight excluding hydrogens is 194 g/mol. The van der Waals surface area contributed by atoms with Crippen molar-refractivity contribution < 1.29 is 14.6 Å². The lowest BCUT2D eigenvalue weighted by Gasteiger charge is -2.11. The van der Waals surface area contributed by atoms with E-state index in [1.54, 1.807) is 12.1 Å². The summed E-state index contributed by atoms with van der Waals surface area (Å²) in [5.41, 5.74) is 0.408. The van der Waals surface area contributed by atoms with Gasteiger partial charge in [0, 0.05) is 12.6 Å². The number of amides is 1. The fourth-order valence-electron chi connectivity index (χ4n) is 1.16. The summed E-state index contributed by atoms with van der Waals surface area (Å²) in [5, 5.41) is 12.1. The molecule has 15 heavy (non-hydrogen) atoms. The molecule has 0 radical (unpaired) electrons. The molecule has 1 aromatic rings. The number of phenols is 1. The molecule has 1 amide bonds. The van der Waals surface area contributed by atoms with Gasteiger partial charge in [-0.1, -0.05) is 0 Å². The van der Waals surface area contributed by atoms with Crippen LogP contribution in [0.3, 0.4) is 0 Å². The zero-order chi connectivity index (χ0) is 11.4. The maximum atomic E-state index is 11.2. The second-order valence-corrected chi connectivity index (χ2v) is 3.43. The van der Waals surface area contributed by atoms with E-state index in [0.29, 0.717) is 11.3 Å². The second kappa shape index (κ2) is 4.68. The van der Waals surface area contributed by atoms with Crippen LogP contribution < -0.4 is 10.1 Å². The summed E-state index contributed by atoms with van der Waals surface area (Å²) >= 11 is 0. The number of hydrogen-bond acceptors (Lipinski definition) is 3. The molecule has 0 saturated heterocycles. The molecule has 0 aromatic heterocycles. The van der Waals surface area contributed by atoms with Crippen LogP contribution in [0.5, 0.6) is 11.5 Å². The molecular formula is C11H15NO3. The fraction of sp³-hybridized carbons (Fsp3) is 0.364. The Labute approximate surface area is 88.9 Å². The van der Waals surface area contributed by atoms with E-state index in [9.17, 15) is 9.90 Å². The van der Waals surface area contributed by atoms with Gasteiger partial charge in [-0.05, 0) is 32.0 Å². The normalized spacial score (nSPS) is 10.1. The Bertz CT molecular complexity index is 361. The number of aromatic hydroxyl groups is 1. The Hall–Kier alpha value is -1.71. The average molecular weight is 209 g/mol. The van der Waals surface area contributed by atoms with E-state index in [1.807, 2.05) is 13.8 Å². The van der Waals surface area contributed by atoms with E-state index in [0.717, 1.165) is 0 Å². The van der Waals surface area contributed by atoms with Crippen molar-refractivity contribution >= 4 is 5.91 Å². The molecule has 0 fully saturated rings. The van der Waals surface area contributed by atoms with Crippen LogP contribution in [0.25, 0.3) is 0 Å². The quantitative estimate of drug-likeness (QED) is 0.793. The number of benzene rings is 1. The van der Waals surface area contributed by atoms with Crippen molar-refractivity contribution in [3.63, 3.8) is 0 Å². The predicted molar refractivity (Wildman–Crippen MR) is 57.3 cm³/mol. The zero-order valence-corrected chi connectivity index (χ0v) is 9.07. The highest BCUT2D eigenvalue weighted by Gasteiger charge is 2.09. The molecule has 0 heterocycles. The number of carbonyl (C=O) groups excluding carboxylic acids is 1. The van der Waals surface area contributed by atoms with E-state index in [-0.39, 0.29) is 17.8 Å². The molecule has 4 nitrogen and oxygen atoms in total. The summed E-state index contributed by atoms with van der Waals surface area (Å²) in [5.74, 6) is 0.129. The summed E-state index contributed by atoms with van der Waals surface area (Å²) in [4.78, 5) is 11.2. The number of phenolic OH excluding ortho intramolecular Hbond substituents is 1. The molecule has 0 spiro atoms. The van der Waals surface area contributed by atoms with Crippen LogP contribution in [0.15, 0.2) is 18.2 Å². The lowest BCUT2D eigenvalue weighted by atomic mass is 10.2. The van der Waals surface area contributed by atoms with Crippen LogP contribution in [0, 0.1) is 0 Å². The SMILES string of the molecule is CNC(=O)c1ccc(OC(C)C)c(O)c1. The first-order chi connectivity index (χ1) is 7.04. The average Bonchev–Trinajstić information content (AvgIpc) is 2.19. The van der Waals surface area contributed by atoms with Crippen molar-refractivity contribution in [2.45, 2.75) is 20.0 Å². The minimum absolute atomic E-state index is 0.0123. The minimum atomic E-state index is -0.235. The molecule has 0 unspecified atom stereocenters. The Morgan fingerprint density at radius 3 is 2.60 bits per heavy atom. The van der Waals surface area contributed by atoms with Crippen LogP contribution >= 0.6 is 0 Å². The van der Waals surface area contributed by atoms with Crippen LogP contribution in [0.2, 0.25) is 0 Å². The van der Waals surface area contributed by atoms with Crippen molar-refractivity contribution in [3.8, 4) is 11.5 Å². The third-order valence-electron chi connectivity index (χ3n) is 1.81. The van der Waals surface area contributed by atoms with Crippen LogP contribution in [-0.4, -0.2) is 24.2 Å². The number of nitrogens with one attached hydrogen (secondary N) is 1. The lowest BCUT2D eigenvalue weighted by molar-refractivity contribution is 0.0962. The van der Waals surface area contributed by atoms with Gasteiger partial charge in [0.1, 0.15) is 0 Å². The third kappa shape index (κ3) is 2.87. The van der Waals surface area contributed by atoms with Crippen molar-refractivity contribution in [1.82, 2.24) is 5.32 Å². The molecule has 4 heteroatoms. The summed E-state index contributed by atoms with van der Waals surface area (Å²) in [6.45, 7) is 3.73. The van der Waals surface area contributed by atoms with Crippen molar-refractivity contribution in [2.75, 3.05) is 7.05 Å². The van der Waals surface area contributed by atoms with Crippen LogP contribution in [0.4, 0.5) is 0 Å². The van der Waals surface area contributed by atoms with E-state index in [2.05, 4.69) is 5.32 Å². The lowest BCUT2D eigenvalue weighted by Crippen LogP contribution is -2.17. The Morgan fingerprint density at radius 1 is 1.47 bits per heavy atom. The van der Waals surface area contributed by atoms with Gasteiger partial charge in [0.25, 0.3) is 5.91 Å². The van der Waals surface area contributed by atoms with Gasteiger partial charge in [-0.3, -0.25) is 4.79 Å². The van der Waals surface area contributed by atoms with Gasteiger partial charge < -0.3 is 15.2 Å². The van der Waals surface area contributed by atoms with Crippen LogP contribution in [0.1, 0.15) is 24.2 Å². The number of rotatable bonds is 3. The highest BCUT2D eigenvalue weighted by molar-refractivity contribution is 5.94. The summed E-state index contributed by atoms with van der Waals surface area (Å²) in [6.07, 6.45) is -0.0123. The fourth-order valence-corrected chi connectivity index (χ4v) is 1.16. The van der Waals surface area contributed by atoms with Crippen molar-refractivity contribution in [2.24, 2.45) is 0 Å². The molecule has 1 rings (SSSR count). The Balaban J connectivity index is 2.93. The standard InChI is InChI=1S/C11H15NO3/c1-7(2)15-10-5-4-8(6-9(10)13)11(14)12-3/h4-7,13H,1-3H3,(H,12,14). The molecule has 2 N–H and O–H groups in total. The number of carbonyl (C=O) groups is 1. The van der Waals surface area contributed by atoms with Gasteiger partial charge in [0.15, 0.2) is 11.5 Å². The largest absolute Gasteiger partial charge is 0.504 e. The highest BCUT2D eigenvalue weighted by atomic mass is 16.5. The number of hydrogen-bond donors (Lipinski definition) is 2. The van der Waals surface area contributed by atoms with Gasteiger partial charge in [0.2, 0.25) is 0 Å². The first-order valence-electron chi connectivity index (χ1n) is 4.76. The maximum Gasteiger partial charge on any atom is 0.251 e. The predicted octanol–water partition coefficient (Wildman–Crippen LogP) is 1.54. The Morgan fingerprint density at radius 2 is 2.13 bits per heavy atom. The van der Waals surface area contributed by atoms with Gasteiger partial charge in [-0.2, -0.15) is 0 Å². The third-order valence-corrected chi connectivity index (χ3v) is 1.81. The van der Waals surface area contributed by atoms with E-state index in [4.69, 9.17) is 4.74 Å². The smallest absolute Gasteiger partial charge is 0.251 e. The maximum absolute atomic E-state index is 11.2. The van der Waals surface area contributed by atoms with E-state index >= 15 is 0 Å². The molecule has 82 valence electrons. The van der Waals surface area contributed by atoms with Crippen LogP contribution in [-0.2, 0) is 0 Å².